The minimum absolute atomic E-state index is 0.444. The third kappa shape index (κ3) is 23.5. The Morgan fingerprint density at radius 2 is 0.629 bits per heavy atom. The highest BCUT2D eigenvalue weighted by Crippen LogP contribution is 2.51. The number of aromatic nitrogens is 15. The van der Waals surface area contributed by atoms with E-state index >= 15 is 0 Å². The third-order valence-corrected chi connectivity index (χ3v) is 36.4. The summed E-state index contributed by atoms with van der Waals surface area (Å²) in [6.45, 7) is 63.4. The quantitative estimate of drug-likeness (QED) is 0.0943. The molecule has 12 aromatic heterocycles. The van der Waals surface area contributed by atoms with E-state index in [-0.39, 0.29) is 0 Å². The normalized spacial score (nSPS) is 31.6. The lowest BCUT2D eigenvalue weighted by Crippen LogP contribution is -2.00. The molecule has 0 saturated carbocycles. The van der Waals surface area contributed by atoms with Gasteiger partial charge in [-0.05, 0) is 225 Å². The zero-order valence-electron chi connectivity index (χ0n) is 89.4. The molecule has 0 bridgehead atoms. The van der Waals surface area contributed by atoms with E-state index in [1.165, 1.54) is 208 Å². The van der Waals surface area contributed by atoms with Gasteiger partial charge in [-0.15, -0.1) is 34.0 Å². The van der Waals surface area contributed by atoms with Gasteiger partial charge in [0.15, 0.2) is 12.8 Å². The molecule has 24 heteroatoms. The number of fused-ring (bicyclic) bond motifs is 12. The Balaban J connectivity index is 0.000000114. The van der Waals surface area contributed by atoms with Crippen LogP contribution in [0.1, 0.15) is 566 Å². The fourth-order valence-corrected chi connectivity index (χ4v) is 29.1. The predicted molar refractivity (Wildman–Crippen MR) is 568 cm³/mol. The Bertz CT molecular complexity index is 4610. The summed E-state index contributed by atoms with van der Waals surface area (Å²) >= 11 is 5.55. The van der Waals surface area contributed by atoms with Gasteiger partial charge in [0.2, 0.25) is 6.79 Å². The molecule has 758 valence electrons. The highest BCUT2D eigenvalue weighted by Gasteiger charge is 2.39. The van der Waals surface area contributed by atoms with Crippen molar-refractivity contribution in [2.75, 3.05) is 6.79 Å². The standard InChI is InChI=1S/C10H14.C9H13N.2C9H12O.C9H12S.2C8H12N2.2C8H11NO.2C8H11NS.C8H12O2.2C7H11N3/c1-7-6-8(2)10-5-3-4-9(7)10;4*1-6-5-7(2)9-8(6)3-4-10-9;7*1-5-3-6(2)8-7(5)9-4-10-8;2*1-4-3-5(2)7-6(4)8-10-9-7/h3-4,7-8H,5-6H2,1-2H3;3-4,6-7,10H,5H2,1-2H3;3*3-4,6-7H,5H2,1-2H3;2*4-6H,3H2,1-2H3,(H,9,10);4*4-6H,3H2,1-2H3;5-6H,3-4H2,1-2H3;2*4-5H,3H2,1-2H3,(H,8,9,10). The zero-order valence-corrected chi connectivity index (χ0v) is 91.8. The number of nitrogens with zero attached hydrogens (tertiary/aromatic N) is 10. The largest absolute Gasteiger partial charge is 0.469 e. The molecule has 13 heterocycles. The van der Waals surface area contributed by atoms with E-state index in [0.717, 1.165) is 70.4 Å². The summed E-state index contributed by atoms with van der Waals surface area (Å²) in [5.41, 5.74) is 29.8. The fourth-order valence-electron chi connectivity index (χ4n) is 26.0. The molecule has 15 aliphatic carbocycles. The van der Waals surface area contributed by atoms with Crippen molar-refractivity contribution < 1.29 is 27.1 Å². The molecule has 28 atom stereocenters. The van der Waals surface area contributed by atoms with Crippen LogP contribution in [-0.2, 0) is 9.47 Å². The molecular formula is C116H165N15O6S3. The summed E-state index contributed by atoms with van der Waals surface area (Å²) < 4.78 is 31.8. The first-order valence-corrected chi connectivity index (χ1v) is 56.1. The second-order valence-corrected chi connectivity index (χ2v) is 48.0. The van der Waals surface area contributed by atoms with E-state index in [1.807, 2.05) is 45.0 Å². The smallest absolute Gasteiger partial charge is 0.230 e. The van der Waals surface area contributed by atoms with Crippen molar-refractivity contribution in [2.45, 2.75) is 432 Å². The van der Waals surface area contributed by atoms with E-state index in [0.29, 0.717) is 125 Å². The zero-order chi connectivity index (χ0) is 99.9. The van der Waals surface area contributed by atoms with Crippen LogP contribution in [0, 0.1) is 23.7 Å². The van der Waals surface area contributed by atoms with Crippen molar-refractivity contribution in [2.24, 2.45) is 23.7 Å². The number of oxazole rings is 2. The van der Waals surface area contributed by atoms with Crippen LogP contribution in [-0.4, -0.2) is 82.5 Å². The number of hydrogen-bond donors (Lipinski definition) is 5. The molecule has 16 aliphatic rings. The lowest BCUT2D eigenvalue weighted by atomic mass is 10.0. The maximum atomic E-state index is 5.36. The Morgan fingerprint density at radius 3 is 1.05 bits per heavy atom. The second kappa shape index (κ2) is 46.6. The molecule has 0 saturated heterocycles. The van der Waals surface area contributed by atoms with Gasteiger partial charge < -0.3 is 42.1 Å². The number of hydrogen-bond acceptors (Lipinski definition) is 19. The molecule has 1 aliphatic heterocycles. The lowest BCUT2D eigenvalue weighted by molar-refractivity contribution is 0.0458. The summed E-state index contributed by atoms with van der Waals surface area (Å²) in [6.07, 6.45) is 35.9. The molecule has 28 rings (SSSR count). The second-order valence-electron chi connectivity index (χ2n) is 45.3. The Labute approximate surface area is 847 Å². The summed E-state index contributed by atoms with van der Waals surface area (Å²) in [5, 5.41) is 23.9. The number of ether oxygens (including phenoxy) is 2. The Hall–Kier alpha value is -9.26. The number of imidazole rings is 2. The number of H-pyrrole nitrogens is 5. The average molecular weight is 1960 g/mol. The molecule has 140 heavy (non-hydrogen) atoms. The van der Waals surface area contributed by atoms with Crippen LogP contribution >= 0.6 is 34.0 Å². The average Bonchev–Trinajstić information content (AvgIpc) is 1.79. The first-order chi connectivity index (χ1) is 67.0. The van der Waals surface area contributed by atoms with Crippen LogP contribution in [0.25, 0.3) is 0 Å². The number of thiophene rings is 1. The van der Waals surface area contributed by atoms with Crippen molar-refractivity contribution in [3.05, 3.63) is 254 Å². The highest BCUT2D eigenvalue weighted by atomic mass is 32.1. The summed E-state index contributed by atoms with van der Waals surface area (Å²) in [4.78, 5) is 39.9. The minimum atomic E-state index is 0.444. The topological polar surface area (TPSA) is 279 Å². The molecular weight excluding hydrogens is 1800 g/mol. The monoisotopic (exact) mass is 1960 g/mol. The number of rotatable bonds is 0. The van der Waals surface area contributed by atoms with Gasteiger partial charge in [-0.25, -0.2) is 29.9 Å². The molecule has 28 unspecified atom stereocenters. The number of furan rings is 2. The summed E-state index contributed by atoms with van der Waals surface area (Å²) in [7, 11) is 0. The molecule has 0 radical (unpaired) electrons. The molecule has 5 N–H and O–H groups in total. The Morgan fingerprint density at radius 1 is 0.271 bits per heavy atom. The first-order valence-electron chi connectivity index (χ1n) is 53.4. The van der Waals surface area contributed by atoms with E-state index in [2.05, 4.69) is 318 Å². The highest BCUT2D eigenvalue weighted by molar-refractivity contribution is 7.10. The van der Waals surface area contributed by atoms with Crippen LogP contribution in [0.5, 0.6) is 0 Å². The van der Waals surface area contributed by atoms with Gasteiger partial charge in [-0.2, -0.15) is 30.8 Å². The van der Waals surface area contributed by atoms with Crippen LogP contribution in [0.2, 0.25) is 0 Å². The minimum Gasteiger partial charge on any atom is -0.469 e. The van der Waals surface area contributed by atoms with Gasteiger partial charge in [0.1, 0.15) is 34.6 Å². The van der Waals surface area contributed by atoms with Gasteiger partial charge in [0, 0.05) is 133 Å². The predicted octanol–water partition coefficient (Wildman–Crippen LogP) is 33.5. The summed E-state index contributed by atoms with van der Waals surface area (Å²) in [5.74, 6) is 26.0. The van der Waals surface area contributed by atoms with Gasteiger partial charge in [0.05, 0.1) is 93.1 Å². The van der Waals surface area contributed by atoms with Gasteiger partial charge >= 0.3 is 0 Å². The molecule has 0 aromatic carbocycles. The summed E-state index contributed by atoms with van der Waals surface area (Å²) in [6, 6.07) is 8.70. The molecule has 21 nitrogen and oxygen atoms in total. The van der Waals surface area contributed by atoms with Crippen LogP contribution in [0.15, 0.2) is 137 Å². The SMILES string of the molecule is CC1CC(C)C2=C1C=CC2.CC1CC(C)C2=C1OCO2.CC1CC(C)c2[nH]ccc21.CC1CC(C)c2[nH]cnc21.CC1CC(C)c2[nH]cnc21.CC1CC(C)c2n[nH]nc21.CC1CC(C)c2n[nH]nc21.CC1CC(C)c2occc21.CC1CC(C)c2occc21.CC1CC(C)c2ocnc21.CC1CC(C)c2ocnc21.CC1CC(C)c2sccc21.CC1CC(C)c2scnc21.CC1CC(C)c2scnc21. The number of thiazole rings is 2. The van der Waals surface area contributed by atoms with E-state index in [1.54, 1.807) is 59.6 Å². The third-order valence-electron chi connectivity index (χ3n) is 33.1. The number of aromatic amines is 5. The molecule has 12 aromatic rings. The van der Waals surface area contributed by atoms with Crippen molar-refractivity contribution >= 4 is 34.0 Å². The van der Waals surface area contributed by atoms with Crippen LogP contribution in [0.4, 0.5) is 0 Å². The fraction of sp³-hybridized carbons (Fsp3) is 0.621. The van der Waals surface area contributed by atoms with Gasteiger partial charge in [0.25, 0.3) is 0 Å². The molecule has 0 spiro atoms. The number of allylic oxidation sites excluding steroid dienone is 6. The molecule has 0 fully saturated rings. The van der Waals surface area contributed by atoms with Crippen molar-refractivity contribution in [3.63, 3.8) is 0 Å². The van der Waals surface area contributed by atoms with E-state index in [4.69, 9.17) is 27.1 Å². The maximum Gasteiger partial charge on any atom is 0.230 e. The van der Waals surface area contributed by atoms with Crippen LogP contribution in [0.3, 0.4) is 0 Å². The van der Waals surface area contributed by atoms with Crippen molar-refractivity contribution in [3.8, 4) is 0 Å². The lowest BCUT2D eigenvalue weighted by Gasteiger charge is -2.08. The van der Waals surface area contributed by atoms with Crippen molar-refractivity contribution in [1.29, 1.82) is 0 Å². The first kappa shape index (κ1) is 105. The van der Waals surface area contributed by atoms with Gasteiger partial charge in [-0.3, -0.25) is 0 Å². The number of nitrogens with one attached hydrogen (secondary N) is 5. The molecule has 0 amide bonds. The van der Waals surface area contributed by atoms with Crippen molar-refractivity contribution in [1.82, 2.24) is 75.7 Å². The maximum absolute atomic E-state index is 5.36. The van der Waals surface area contributed by atoms with Crippen LogP contribution < -0.4 is 0 Å². The van der Waals surface area contributed by atoms with E-state index in [9.17, 15) is 0 Å². The van der Waals surface area contributed by atoms with Gasteiger partial charge in [-0.1, -0.05) is 212 Å². The Kier molecular flexibility index (Phi) is 35.0. The van der Waals surface area contributed by atoms with E-state index < -0.39 is 0 Å².